The number of nitrogens with one attached hydrogen (secondary N) is 1. The Morgan fingerprint density at radius 2 is 1.90 bits per heavy atom. The highest BCUT2D eigenvalue weighted by atomic mass is 79.9. The summed E-state index contributed by atoms with van der Waals surface area (Å²) in [5, 5.41) is 2.57. The zero-order valence-electron chi connectivity index (χ0n) is 11.6. The fourth-order valence-corrected chi connectivity index (χ4v) is 2.25. The highest BCUT2D eigenvalue weighted by Crippen LogP contribution is 2.25. The van der Waals surface area contributed by atoms with Crippen molar-refractivity contribution in [3.8, 4) is 5.75 Å². The fraction of sp³-hybridized carbons (Fsp3) is 0.462. The van der Waals surface area contributed by atoms with Crippen LogP contribution in [0.1, 0.15) is 20.8 Å². The van der Waals surface area contributed by atoms with E-state index in [4.69, 9.17) is 9.26 Å². The normalized spacial score (nSPS) is 12.9. The number of hydrogen-bond donors (Lipinski definition) is 1. The first kappa shape index (κ1) is 17.1. The summed E-state index contributed by atoms with van der Waals surface area (Å²) in [6.45, 7) is 5.82. The van der Waals surface area contributed by atoms with Gasteiger partial charge in [-0.3, -0.25) is 4.79 Å². The molecule has 0 radical (unpaired) electrons. The smallest absolute Gasteiger partial charge is 0.464 e. The predicted molar refractivity (Wildman–Crippen MR) is 80.8 cm³/mol. The predicted octanol–water partition coefficient (Wildman–Crippen LogP) is 3.66. The van der Waals surface area contributed by atoms with Crippen molar-refractivity contribution in [3.05, 3.63) is 28.7 Å². The molecule has 0 heterocycles. The lowest BCUT2D eigenvalue weighted by atomic mass is 10.2. The summed E-state index contributed by atoms with van der Waals surface area (Å²) in [4.78, 5) is 11.6. The van der Waals surface area contributed by atoms with E-state index in [0.29, 0.717) is 12.4 Å². The molecule has 7 heteroatoms. The Labute approximate surface area is 128 Å². The van der Waals surface area contributed by atoms with Crippen LogP contribution >= 0.6 is 24.1 Å². The van der Waals surface area contributed by atoms with Gasteiger partial charge in [-0.15, -0.1) is 0 Å². The monoisotopic (exact) mass is 362 g/mol. The number of halogens is 1. The van der Waals surface area contributed by atoms with E-state index in [-0.39, 0.29) is 5.92 Å². The van der Waals surface area contributed by atoms with Gasteiger partial charge in [0.25, 0.3) is 0 Å². The molecule has 0 bridgehead atoms. The van der Waals surface area contributed by atoms with Crippen molar-refractivity contribution in [1.82, 2.24) is 5.09 Å². The lowest BCUT2D eigenvalue weighted by Crippen LogP contribution is -2.32. The Hall–Kier alpha value is -0.970. The Balaban J connectivity index is 2.41. The topological polar surface area (TPSA) is 64.6 Å². The van der Waals surface area contributed by atoms with Crippen LogP contribution in [0.3, 0.4) is 0 Å². The lowest BCUT2D eigenvalue weighted by molar-refractivity contribution is -0.146. The lowest BCUT2D eigenvalue weighted by Gasteiger charge is -2.09. The van der Waals surface area contributed by atoms with Gasteiger partial charge >= 0.3 is 14.1 Å². The summed E-state index contributed by atoms with van der Waals surface area (Å²) >= 11 is 3.29. The van der Waals surface area contributed by atoms with Crippen molar-refractivity contribution in [2.24, 2.45) is 5.92 Å². The van der Waals surface area contributed by atoms with E-state index in [9.17, 15) is 9.36 Å². The molecule has 0 fully saturated rings. The molecule has 0 saturated carbocycles. The Morgan fingerprint density at radius 3 is 2.45 bits per heavy atom. The molecule has 1 N–H and O–H groups in total. The minimum atomic E-state index is -2.18. The van der Waals surface area contributed by atoms with Crippen LogP contribution in [-0.2, 0) is 14.1 Å². The summed E-state index contributed by atoms with van der Waals surface area (Å²) in [5.74, 6) is 0.282. The zero-order valence-corrected chi connectivity index (χ0v) is 14.1. The van der Waals surface area contributed by atoms with Crippen LogP contribution in [0, 0.1) is 5.92 Å². The van der Waals surface area contributed by atoms with Crippen molar-refractivity contribution in [2.75, 3.05) is 6.61 Å². The van der Waals surface area contributed by atoms with Gasteiger partial charge in [0.2, 0.25) is 0 Å². The third-order valence-electron chi connectivity index (χ3n) is 2.21. The molecule has 1 rings (SSSR count). The minimum absolute atomic E-state index is 0.263. The first-order chi connectivity index (χ1) is 9.38. The molecule has 0 aliphatic heterocycles. The van der Waals surface area contributed by atoms with Gasteiger partial charge in [0.15, 0.2) is 5.75 Å². The molecule has 0 spiro atoms. The molecule has 5 nitrogen and oxygen atoms in total. The first-order valence-electron chi connectivity index (χ1n) is 6.22. The summed E-state index contributed by atoms with van der Waals surface area (Å²) < 4.78 is 22.9. The molecule has 1 aromatic carbocycles. The number of rotatable bonds is 7. The molecule has 2 atom stereocenters. The van der Waals surface area contributed by atoms with E-state index in [1.165, 1.54) is 0 Å². The van der Waals surface area contributed by atoms with E-state index in [1.807, 2.05) is 13.8 Å². The number of benzene rings is 1. The molecule has 20 heavy (non-hydrogen) atoms. The van der Waals surface area contributed by atoms with E-state index in [2.05, 4.69) is 21.0 Å². The standard InChI is InChI=1S/C13H18BrNO4P/c1-9(2)8-18-13(16)10(3)15-20(17)19-12-6-4-11(14)5-7-12/h4-7,9-10H,8H2,1-3H3,(H,15,17)/q+1/t10-/m0/s1. The van der Waals surface area contributed by atoms with Crippen LogP contribution in [-0.4, -0.2) is 18.6 Å². The van der Waals surface area contributed by atoms with Gasteiger partial charge in [-0.05, 0) is 37.1 Å². The molecule has 110 valence electrons. The van der Waals surface area contributed by atoms with Crippen LogP contribution in [0.15, 0.2) is 28.7 Å². The van der Waals surface area contributed by atoms with Crippen LogP contribution in [0.25, 0.3) is 0 Å². The maximum Gasteiger partial charge on any atom is 0.664 e. The quantitative estimate of drug-likeness (QED) is 0.592. The van der Waals surface area contributed by atoms with Gasteiger partial charge in [-0.2, -0.15) is 0 Å². The third-order valence-corrected chi connectivity index (χ3v) is 3.72. The Morgan fingerprint density at radius 1 is 1.30 bits per heavy atom. The van der Waals surface area contributed by atoms with Crippen molar-refractivity contribution in [2.45, 2.75) is 26.8 Å². The van der Waals surface area contributed by atoms with E-state index >= 15 is 0 Å². The van der Waals surface area contributed by atoms with E-state index < -0.39 is 20.2 Å². The van der Waals surface area contributed by atoms with Gasteiger partial charge in [0.05, 0.1) is 6.61 Å². The van der Waals surface area contributed by atoms with Crippen LogP contribution in [0.5, 0.6) is 5.75 Å². The van der Waals surface area contributed by atoms with Crippen LogP contribution in [0.4, 0.5) is 0 Å². The molecular weight excluding hydrogens is 345 g/mol. The van der Waals surface area contributed by atoms with Crippen molar-refractivity contribution < 1.29 is 18.6 Å². The maximum atomic E-state index is 11.7. The second-order valence-electron chi connectivity index (χ2n) is 4.68. The number of esters is 1. The Kier molecular flexibility index (Phi) is 7.13. The van der Waals surface area contributed by atoms with Crippen molar-refractivity contribution >= 4 is 30.1 Å². The van der Waals surface area contributed by atoms with Gasteiger partial charge in [-0.25, -0.2) is 4.52 Å². The number of carbonyl (C=O) groups excluding carboxylic acids is 1. The highest BCUT2D eigenvalue weighted by molar-refractivity contribution is 9.10. The first-order valence-corrected chi connectivity index (χ1v) is 8.19. The van der Waals surface area contributed by atoms with E-state index in [1.54, 1.807) is 31.2 Å². The molecule has 0 saturated heterocycles. The van der Waals surface area contributed by atoms with Gasteiger partial charge in [0.1, 0.15) is 6.04 Å². The fourth-order valence-electron chi connectivity index (χ4n) is 1.20. The molecule has 1 aromatic rings. The van der Waals surface area contributed by atoms with Gasteiger partial charge < -0.3 is 4.74 Å². The maximum absolute atomic E-state index is 11.7. The highest BCUT2D eigenvalue weighted by Gasteiger charge is 2.28. The second kappa shape index (κ2) is 8.35. The number of hydrogen-bond acceptors (Lipinski definition) is 4. The van der Waals surface area contributed by atoms with Crippen LogP contribution < -0.4 is 9.61 Å². The Bertz CT molecular complexity index is 464. The summed E-state index contributed by atoms with van der Waals surface area (Å²) in [6.07, 6.45) is 0. The average molecular weight is 363 g/mol. The summed E-state index contributed by atoms with van der Waals surface area (Å²) in [5.41, 5.74) is 0. The zero-order chi connectivity index (χ0) is 15.1. The molecule has 0 aromatic heterocycles. The van der Waals surface area contributed by atoms with Crippen LogP contribution in [0.2, 0.25) is 0 Å². The van der Waals surface area contributed by atoms with Gasteiger partial charge in [0, 0.05) is 9.04 Å². The SMILES string of the molecule is CC(C)COC(=O)[C@H](C)N[P+](=O)Oc1ccc(Br)cc1. The molecule has 1 unspecified atom stereocenters. The minimum Gasteiger partial charge on any atom is -0.464 e. The van der Waals surface area contributed by atoms with Crippen molar-refractivity contribution in [3.63, 3.8) is 0 Å². The summed E-state index contributed by atoms with van der Waals surface area (Å²) in [7, 11) is -2.18. The van der Waals surface area contributed by atoms with Crippen molar-refractivity contribution in [1.29, 1.82) is 0 Å². The van der Waals surface area contributed by atoms with E-state index in [0.717, 1.165) is 4.47 Å². The molecule has 0 aliphatic carbocycles. The number of carbonyl (C=O) groups is 1. The molecule has 0 aliphatic rings. The summed E-state index contributed by atoms with van der Waals surface area (Å²) in [6, 6.07) is 6.23. The second-order valence-corrected chi connectivity index (χ2v) is 6.55. The number of ether oxygens (including phenoxy) is 1. The third kappa shape index (κ3) is 6.46. The van der Waals surface area contributed by atoms with Gasteiger partial charge in [-0.1, -0.05) is 34.9 Å². The largest absolute Gasteiger partial charge is 0.664 e. The average Bonchev–Trinajstić information content (AvgIpc) is 2.38. The molecular formula is C13H18BrNO4P+. The molecule has 0 amide bonds.